The number of benzene rings is 1. The number of ether oxygens (including phenoxy) is 1. The lowest BCUT2D eigenvalue weighted by atomic mass is 10.2. The van der Waals surface area contributed by atoms with Gasteiger partial charge in [-0.3, -0.25) is 4.99 Å². The van der Waals surface area contributed by atoms with Gasteiger partial charge in [0.2, 0.25) is 0 Å². The molecule has 0 amide bonds. The summed E-state index contributed by atoms with van der Waals surface area (Å²) in [6, 6.07) is 9.73. The molecule has 1 aliphatic carbocycles. The van der Waals surface area contributed by atoms with Crippen LogP contribution in [-0.2, 0) is 9.53 Å². The summed E-state index contributed by atoms with van der Waals surface area (Å²) in [6.45, 7) is 5.92. The lowest BCUT2D eigenvalue weighted by Crippen LogP contribution is -2.25. The number of hydrogen-bond donors (Lipinski definition) is 0. The molecular formula is C15H17NO2. The van der Waals surface area contributed by atoms with E-state index in [-0.39, 0.29) is 11.9 Å². The lowest BCUT2D eigenvalue weighted by Gasteiger charge is -2.09. The third-order valence-corrected chi connectivity index (χ3v) is 3.14. The summed E-state index contributed by atoms with van der Waals surface area (Å²) < 4.78 is 5.09. The molecule has 2 atom stereocenters. The van der Waals surface area contributed by atoms with Crippen molar-refractivity contribution < 1.29 is 9.53 Å². The normalized spacial score (nSPS) is 25.9. The third kappa shape index (κ3) is 2.35. The highest BCUT2D eigenvalue weighted by molar-refractivity contribution is 5.90. The van der Waals surface area contributed by atoms with Crippen LogP contribution >= 0.6 is 0 Å². The molecule has 0 bridgehead atoms. The molecule has 18 heavy (non-hydrogen) atoms. The Balaban J connectivity index is 2.16. The minimum absolute atomic E-state index is 0.0940. The van der Waals surface area contributed by atoms with Crippen molar-refractivity contribution in [2.45, 2.75) is 18.9 Å². The molecule has 0 aliphatic heterocycles. The van der Waals surface area contributed by atoms with E-state index in [0.29, 0.717) is 13.0 Å². The van der Waals surface area contributed by atoms with Gasteiger partial charge in [0.05, 0.1) is 6.61 Å². The molecule has 3 heteroatoms. The average molecular weight is 243 g/mol. The Morgan fingerprint density at radius 1 is 1.56 bits per heavy atom. The van der Waals surface area contributed by atoms with Crippen LogP contribution < -0.4 is 0 Å². The first-order chi connectivity index (χ1) is 8.73. The summed E-state index contributed by atoms with van der Waals surface area (Å²) in [4.78, 5) is 16.4. The second-order valence-corrected chi connectivity index (χ2v) is 4.36. The minimum atomic E-state index is -0.729. The van der Waals surface area contributed by atoms with E-state index in [0.717, 1.165) is 5.56 Å². The summed E-state index contributed by atoms with van der Waals surface area (Å²) in [5.41, 5.74) is 0.254. The van der Waals surface area contributed by atoms with Gasteiger partial charge in [0, 0.05) is 12.1 Å². The van der Waals surface area contributed by atoms with Crippen LogP contribution in [0.5, 0.6) is 0 Å². The molecular weight excluding hydrogens is 226 g/mol. The standard InChI is InChI=1S/C15H17NO2/c1-3-13-10-15(13,14(17)18-4-2)16-11-12-8-6-5-7-9-12/h3,5-9,11,13H,1,4,10H2,2H3/t13?,15-/m1/s1. The van der Waals surface area contributed by atoms with Crippen molar-refractivity contribution in [3.63, 3.8) is 0 Å². The molecule has 0 N–H and O–H groups in total. The van der Waals surface area contributed by atoms with Crippen LogP contribution in [0.4, 0.5) is 0 Å². The molecule has 0 aromatic heterocycles. The van der Waals surface area contributed by atoms with Crippen molar-refractivity contribution in [2.24, 2.45) is 10.9 Å². The SMILES string of the molecule is C=CC1C[C@]1(N=Cc1ccccc1)C(=O)OCC. The van der Waals surface area contributed by atoms with Gasteiger partial charge < -0.3 is 4.74 Å². The summed E-state index contributed by atoms with van der Waals surface area (Å²) in [5.74, 6) is -0.154. The molecule has 1 aromatic rings. The smallest absolute Gasteiger partial charge is 0.334 e. The number of hydrogen-bond acceptors (Lipinski definition) is 3. The molecule has 1 saturated carbocycles. The van der Waals surface area contributed by atoms with Crippen molar-refractivity contribution in [2.75, 3.05) is 6.61 Å². The van der Waals surface area contributed by atoms with Crippen LogP contribution in [0.15, 0.2) is 48.0 Å². The van der Waals surface area contributed by atoms with E-state index in [4.69, 9.17) is 4.74 Å². The van der Waals surface area contributed by atoms with Gasteiger partial charge in [-0.1, -0.05) is 36.4 Å². The molecule has 1 unspecified atom stereocenters. The summed E-state index contributed by atoms with van der Waals surface area (Å²) in [7, 11) is 0. The largest absolute Gasteiger partial charge is 0.464 e. The van der Waals surface area contributed by atoms with Crippen LogP contribution in [0.2, 0.25) is 0 Å². The Morgan fingerprint density at radius 3 is 2.83 bits per heavy atom. The van der Waals surface area contributed by atoms with Gasteiger partial charge in [-0.15, -0.1) is 6.58 Å². The minimum Gasteiger partial charge on any atom is -0.464 e. The fourth-order valence-corrected chi connectivity index (χ4v) is 1.98. The highest BCUT2D eigenvalue weighted by Gasteiger charge is 2.60. The number of carbonyl (C=O) groups is 1. The van der Waals surface area contributed by atoms with Crippen molar-refractivity contribution >= 4 is 12.2 Å². The molecule has 0 radical (unpaired) electrons. The van der Waals surface area contributed by atoms with Gasteiger partial charge in [-0.2, -0.15) is 0 Å². The number of esters is 1. The van der Waals surface area contributed by atoms with Gasteiger partial charge in [0.25, 0.3) is 0 Å². The van der Waals surface area contributed by atoms with Crippen LogP contribution in [0.3, 0.4) is 0 Å². The Bertz CT molecular complexity index is 467. The topological polar surface area (TPSA) is 38.7 Å². The van der Waals surface area contributed by atoms with E-state index >= 15 is 0 Å². The Morgan fingerprint density at radius 2 is 2.28 bits per heavy atom. The molecule has 0 heterocycles. The first-order valence-corrected chi connectivity index (χ1v) is 6.13. The molecule has 1 fully saturated rings. The molecule has 1 aromatic carbocycles. The maximum atomic E-state index is 11.9. The second-order valence-electron chi connectivity index (χ2n) is 4.36. The van der Waals surface area contributed by atoms with Crippen molar-refractivity contribution in [3.8, 4) is 0 Å². The van der Waals surface area contributed by atoms with E-state index in [1.807, 2.05) is 30.3 Å². The number of aliphatic imine (C=N–C) groups is 1. The van der Waals surface area contributed by atoms with Gasteiger partial charge in [0.15, 0.2) is 5.54 Å². The quantitative estimate of drug-likeness (QED) is 0.453. The van der Waals surface area contributed by atoms with E-state index in [2.05, 4.69) is 11.6 Å². The van der Waals surface area contributed by atoms with Crippen LogP contribution in [0.1, 0.15) is 18.9 Å². The summed E-state index contributed by atoms with van der Waals surface area (Å²) >= 11 is 0. The van der Waals surface area contributed by atoms with Gasteiger partial charge in [-0.25, -0.2) is 4.79 Å². The summed E-state index contributed by atoms with van der Waals surface area (Å²) in [5, 5.41) is 0. The van der Waals surface area contributed by atoms with E-state index in [1.165, 1.54) is 0 Å². The first-order valence-electron chi connectivity index (χ1n) is 6.13. The third-order valence-electron chi connectivity index (χ3n) is 3.14. The van der Waals surface area contributed by atoms with Gasteiger partial charge in [-0.05, 0) is 18.9 Å². The predicted octanol–water partition coefficient (Wildman–Crippen LogP) is 2.61. The number of nitrogens with zero attached hydrogens (tertiary/aromatic N) is 1. The van der Waals surface area contributed by atoms with Gasteiger partial charge >= 0.3 is 5.97 Å². The lowest BCUT2D eigenvalue weighted by molar-refractivity contribution is -0.146. The number of rotatable bonds is 5. The highest BCUT2D eigenvalue weighted by atomic mass is 16.5. The Kier molecular flexibility index (Phi) is 3.60. The fraction of sp³-hybridized carbons (Fsp3) is 0.333. The van der Waals surface area contributed by atoms with Crippen LogP contribution in [0.25, 0.3) is 0 Å². The molecule has 94 valence electrons. The maximum absolute atomic E-state index is 11.9. The molecule has 2 rings (SSSR count). The maximum Gasteiger partial charge on any atom is 0.334 e. The molecule has 3 nitrogen and oxygen atoms in total. The number of carbonyl (C=O) groups excluding carboxylic acids is 1. The monoisotopic (exact) mass is 243 g/mol. The van der Waals surface area contributed by atoms with Crippen molar-refractivity contribution in [1.29, 1.82) is 0 Å². The average Bonchev–Trinajstić information content (AvgIpc) is 3.13. The zero-order chi connectivity index (χ0) is 13.0. The first kappa shape index (κ1) is 12.6. The molecule has 1 aliphatic rings. The van der Waals surface area contributed by atoms with Crippen LogP contribution in [0, 0.1) is 5.92 Å². The zero-order valence-corrected chi connectivity index (χ0v) is 10.5. The molecule has 0 saturated heterocycles. The van der Waals surface area contributed by atoms with E-state index in [1.54, 1.807) is 19.2 Å². The van der Waals surface area contributed by atoms with Crippen molar-refractivity contribution in [1.82, 2.24) is 0 Å². The second kappa shape index (κ2) is 5.17. The van der Waals surface area contributed by atoms with Crippen molar-refractivity contribution in [3.05, 3.63) is 48.6 Å². The fourth-order valence-electron chi connectivity index (χ4n) is 1.98. The zero-order valence-electron chi connectivity index (χ0n) is 10.5. The van der Waals surface area contributed by atoms with Crippen LogP contribution in [-0.4, -0.2) is 24.3 Å². The van der Waals surface area contributed by atoms with E-state index < -0.39 is 5.54 Å². The Hall–Kier alpha value is -1.90. The summed E-state index contributed by atoms with van der Waals surface area (Å²) in [6.07, 6.45) is 4.21. The van der Waals surface area contributed by atoms with E-state index in [9.17, 15) is 4.79 Å². The Labute approximate surface area is 107 Å². The highest BCUT2D eigenvalue weighted by Crippen LogP contribution is 2.48. The predicted molar refractivity (Wildman–Crippen MR) is 71.7 cm³/mol. The van der Waals surface area contributed by atoms with Gasteiger partial charge in [0.1, 0.15) is 0 Å². The molecule has 0 spiro atoms.